The normalized spacial score (nSPS) is 20.3. The second-order valence-electron chi connectivity index (χ2n) is 6.28. The van der Waals surface area contributed by atoms with E-state index >= 15 is 0 Å². The van der Waals surface area contributed by atoms with E-state index in [-0.39, 0.29) is 18.6 Å². The van der Waals surface area contributed by atoms with Crippen LogP contribution in [0.1, 0.15) is 56.6 Å². The fourth-order valence-electron chi connectivity index (χ4n) is 3.39. The van der Waals surface area contributed by atoms with Crippen LogP contribution < -0.4 is 15.8 Å². The third-order valence-corrected chi connectivity index (χ3v) is 4.68. The Balaban J connectivity index is 1.60. The summed E-state index contributed by atoms with van der Waals surface area (Å²) >= 11 is 0. The third-order valence-electron chi connectivity index (χ3n) is 4.68. The molecule has 2 aliphatic rings. The number of rotatable bonds is 4. The topological polar surface area (TPSA) is 64.3 Å². The second kappa shape index (κ2) is 6.48. The van der Waals surface area contributed by atoms with Crippen LogP contribution in [0.3, 0.4) is 0 Å². The minimum Gasteiger partial charge on any atom is -0.482 e. The molecule has 0 aromatic heterocycles. The lowest BCUT2D eigenvalue weighted by Crippen LogP contribution is -2.25. The van der Waals surface area contributed by atoms with E-state index in [1.807, 2.05) is 18.2 Å². The Hall–Kier alpha value is -1.55. The summed E-state index contributed by atoms with van der Waals surface area (Å²) in [5.74, 6) is 1.48. The van der Waals surface area contributed by atoms with Gasteiger partial charge in [-0.1, -0.05) is 38.2 Å². The third kappa shape index (κ3) is 3.56. The molecule has 1 saturated carbocycles. The first-order valence-electron chi connectivity index (χ1n) is 8.04. The SMILES string of the molecule is NC(CCC1CCCCC1)c1ccc2c(c1)NC(=O)CO2. The van der Waals surface area contributed by atoms with Gasteiger partial charge in [-0.05, 0) is 36.5 Å². The zero-order valence-electron chi connectivity index (χ0n) is 12.4. The van der Waals surface area contributed by atoms with Gasteiger partial charge in [0.15, 0.2) is 6.61 Å². The average Bonchev–Trinajstić information content (AvgIpc) is 2.53. The van der Waals surface area contributed by atoms with Gasteiger partial charge in [0.25, 0.3) is 5.91 Å². The molecule has 1 unspecified atom stereocenters. The van der Waals surface area contributed by atoms with E-state index in [9.17, 15) is 4.79 Å². The molecule has 0 spiro atoms. The highest BCUT2D eigenvalue weighted by Crippen LogP contribution is 2.33. The number of ether oxygens (including phenoxy) is 1. The first-order chi connectivity index (χ1) is 10.2. The summed E-state index contributed by atoms with van der Waals surface area (Å²) in [6.45, 7) is 0.0973. The van der Waals surface area contributed by atoms with Gasteiger partial charge in [0.1, 0.15) is 5.75 Å². The van der Waals surface area contributed by atoms with Crippen molar-refractivity contribution in [2.75, 3.05) is 11.9 Å². The van der Waals surface area contributed by atoms with Crippen LogP contribution in [0.5, 0.6) is 5.75 Å². The average molecular weight is 288 g/mol. The highest BCUT2D eigenvalue weighted by molar-refractivity contribution is 5.95. The minimum absolute atomic E-state index is 0.0380. The van der Waals surface area contributed by atoms with Crippen LogP contribution in [-0.4, -0.2) is 12.5 Å². The van der Waals surface area contributed by atoms with Crippen molar-refractivity contribution < 1.29 is 9.53 Å². The molecule has 1 fully saturated rings. The molecule has 0 bridgehead atoms. The lowest BCUT2D eigenvalue weighted by Gasteiger charge is -2.24. The van der Waals surface area contributed by atoms with E-state index in [2.05, 4.69) is 5.32 Å². The maximum absolute atomic E-state index is 11.4. The van der Waals surface area contributed by atoms with Crippen molar-refractivity contribution >= 4 is 11.6 Å². The van der Waals surface area contributed by atoms with Crippen LogP contribution in [0.15, 0.2) is 18.2 Å². The van der Waals surface area contributed by atoms with Crippen LogP contribution in [0.2, 0.25) is 0 Å². The molecule has 1 aromatic carbocycles. The molecular weight excluding hydrogens is 264 g/mol. The predicted molar refractivity (Wildman–Crippen MR) is 83.3 cm³/mol. The van der Waals surface area contributed by atoms with Gasteiger partial charge >= 0.3 is 0 Å². The molecule has 4 nitrogen and oxygen atoms in total. The number of amides is 1. The van der Waals surface area contributed by atoms with Gasteiger partial charge < -0.3 is 15.8 Å². The first-order valence-corrected chi connectivity index (χ1v) is 8.04. The zero-order chi connectivity index (χ0) is 14.7. The minimum atomic E-state index is -0.101. The molecule has 1 atom stereocenters. The summed E-state index contributed by atoms with van der Waals surface area (Å²) in [6, 6.07) is 5.92. The molecule has 1 heterocycles. The smallest absolute Gasteiger partial charge is 0.262 e. The largest absolute Gasteiger partial charge is 0.482 e. The standard InChI is InChI=1S/C17H24N2O2/c18-14(8-6-12-4-2-1-3-5-12)13-7-9-16-15(10-13)19-17(20)11-21-16/h7,9-10,12,14H,1-6,8,11,18H2,(H,19,20). The highest BCUT2D eigenvalue weighted by Gasteiger charge is 2.19. The van der Waals surface area contributed by atoms with Crippen LogP contribution in [-0.2, 0) is 4.79 Å². The van der Waals surface area contributed by atoms with E-state index in [0.717, 1.165) is 29.3 Å². The van der Waals surface area contributed by atoms with E-state index in [4.69, 9.17) is 10.5 Å². The lowest BCUT2D eigenvalue weighted by atomic mass is 9.84. The summed E-state index contributed by atoms with van der Waals surface area (Å²) < 4.78 is 5.37. The number of hydrogen-bond acceptors (Lipinski definition) is 3. The summed E-state index contributed by atoms with van der Waals surface area (Å²) in [6.07, 6.45) is 9.10. The van der Waals surface area contributed by atoms with Gasteiger partial charge in [0, 0.05) is 6.04 Å². The van der Waals surface area contributed by atoms with Gasteiger partial charge in [-0.2, -0.15) is 0 Å². The lowest BCUT2D eigenvalue weighted by molar-refractivity contribution is -0.118. The Labute approximate surface area is 126 Å². The summed E-state index contributed by atoms with van der Waals surface area (Å²) in [4.78, 5) is 11.4. The number of carbonyl (C=O) groups excluding carboxylic acids is 1. The van der Waals surface area contributed by atoms with Crippen molar-refractivity contribution in [3.05, 3.63) is 23.8 Å². The van der Waals surface area contributed by atoms with Crippen LogP contribution >= 0.6 is 0 Å². The van der Waals surface area contributed by atoms with Gasteiger partial charge in [-0.15, -0.1) is 0 Å². The summed E-state index contributed by atoms with van der Waals surface area (Å²) in [5.41, 5.74) is 8.15. The Morgan fingerprint density at radius 2 is 2.10 bits per heavy atom. The summed E-state index contributed by atoms with van der Waals surface area (Å²) in [7, 11) is 0. The van der Waals surface area contributed by atoms with E-state index < -0.39 is 0 Å². The zero-order valence-corrected chi connectivity index (χ0v) is 12.4. The van der Waals surface area contributed by atoms with Crippen molar-refractivity contribution in [1.29, 1.82) is 0 Å². The van der Waals surface area contributed by atoms with Gasteiger partial charge in [-0.25, -0.2) is 0 Å². The predicted octanol–water partition coefficient (Wildman–Crippen LogP) is 3.38. The Bertz CT molecular complexity index is 510. The number of benzene rings is 1. The Kier molecular flexibility index (Phi) is 4.44. The number of nitrogens with two attached hydrogens (primary N) is 1. The molecule has 1 aliphatic carbocycles. The molecule has 1 aromatic rings. The molecule has 3 rings (SSSR count). The molecule has 1 amide bonds. The van der Waals surface area contributed by atoms with Crippen LogP contribution in [0, 0.1) is 5.92 Å². The van der Waals surface area contributed by atoms with Gasteiger partial charge in [0.2, 0.25) is 0 Å². The number of anilines is 1. The monoisotopic (exact) mass is 288 g/mol. The highest BCUT2D eigenvalue weighted by atomic mass is 16.5. The van der Waals surface area contributed by atoms with Crippen LogP contribution in [0.25, 0.3) is 0 Å². The van der Waals surface area contributed by atoms with E-state index in [1.54, 1.807) is 0 Å². The van der Waals surface area contributed by atoms with E-state index in [1.165, 1.54) is 38.5 Å². The molecule has 4 heteroatoms. The van der Waals surface area contributed by atoms with Gasteiger partial charge in [-0.3, -0.25) is 4.79 Å². The second-order valence-corrected chi connectivity index (χ2v) is 6.28. The maximum atomic E-state index is 11.4. The molecule has 0 radical (unpaired) electrons. The van der Waals surface area contributed by atoms with Crippen molar-refractivity contribution in [2.45, 2.75) is 51.0 Å². The van der Waals surface area contributed by atoms with Crippen molar-refractivity contribution in [1.82, 2.24) is 0 Å². The quantitative estimate of drug-likeness (QED) is 0.892. The molecule has 21 heavy (non-hydrogen) atoms. The number of hydrogen-bond donors (Lipinski definition) is 2. The Morgan fingerprint density at radius 1 is 1.29 bits per heavy atom. The van der Waals surface area contributed by atoms with E-state index in [0.29, 0.717) is 0 Å². The molecule has 1 aliphatic heterocycles. The summed E-state index contributed by atoms with van der Waals surface area (Å²) in [5, 5.41) is 2.84. The van der Waals surface area contributed by atoms with Crippen LogP contribution in [0.4, 0.5) is 5.69 Å². The van der Waals surface area contributed by atoms with Gasteiger partial charge in [0.05, 0.1) is 5.69 Å². The first kappa shape index (κ1) is 14.4. The number of carbonyl (C=O) groups is 1. The van der Waals surface area contributed by atoms with Crippen molar-refractivity contribution in [3.8, 4) is 5.75 Å². The molecule has 114 valence electrons. The molecular formula is C17H24N2O2. The number of nitrogens with one attached hydrogen (secondary N) is 1. The Morgan fingerprint density at radius 3 is 2.90 bits per heavy atom. The van der Waals surface area contributed by atoms with Crippen molar-refractivity contribution in [2.24, 2.45) is 11.7 Å². The fraction of sp³-hybridized carbons (Fsp3) is 0.588. The van der Waals surface area contributed by atoms with Crippen molar-refractivity contribution in [3.63, 3.8) is 0 Å². The molecule has 0 saturated heterocycles. The molecule has 3 N–H and O–H groups in total. The fourth-order valence-corrected chi connectivity index (χ4v) is 3.39. The number of fused-ring (bicyclic) bond motifs is 1. The maximum Gasteiger partial charge on any atom is 0.262 e.